The molecule has 0 spiro atoms. The van der Waals surface area contributed by atoms with E-state index in [4.69, 9.17) is 0 Å². The van der Waals surface area contributed by atoms with Crippen molar-refractivity contribution >= 4 is 11.8 Å². The lowest BCUT2D eigenvalue weighted by molar-refractivity contribution is -0.148. The van der Waals surface area contributed by atoms with Crippen LogP contribution in [-0.2, 0) is 16.1 Å². The van der Waals surface area contributed by atoms with Crippen molar-refractivity contribution in [3.63, 3.8) is 0 Å². The number of carbonyl (C=O) groups is 2. The summed E-state index contributed by atoms with van der Waals surface area (Å²) in [5.74, 6) is -0.529. The molecule has 1 N–H and O–H groups in total. The van der Waals surface area contributed by atoms with Crippen LogP contribution in [0.15, 0.2) is 12.1 Å². The lowest BCUT2D eigenvalue weighted by atomic mass is 9.99. The van der Waals surface area contributed by atoms with Crippen LogP contribution in [-0.4, -0.2) is 28.8 Å². The first-order chi connectivity index (χ1) is 9.20. The van der Waals surface area contributed by atoms with Gasteiger partial charge in [-0.2, -0.15) is 0 Å². The molecule has 0 bridgehead atoms. The van der Waals surface area contributed by atoms with Crippen LogP contribution in [0.2, 0.25) is 0 Å². The van der Waals surface area contributed by atoms with E-state index in [1.807, 2.05) is 0 Å². The molecule has 5 heteroatoms. The van der Waals surface area contributed by atoms with E-state index in [2.05, 4.69) is 5.32 Å². The quantitative estimate of drug-likeness (QED) is 0.895. The van der Waals surface area contributed by atoms with Gasteiger partial charge in [0.25, 0.3) is 0 Å². The number of aryl methyl sites for hydroxylation is 2. The zero-order chi connectivity index (χ0) is 15.1. The SMILES string of the molecule is Cc1cc(CN2CC(=O)NC(C)(C)C2=O)cc(C)c1F. The molecule has 0 saturated carbocycles. The van der Waals surface area contributed by atoms with E-state index in [1.54, 1.807) is 39.8 Å². The highest BCUT2D eigenvalue weighted by Crippen LogP contribution is 2.19. The summed E-state index contributed by atoms with van der Waals surface area (Å²) in [6, 6.07) is 3.43. The average Bonchev–Trinajstić information content (AvgIpc) is 2.31. The average molecular weight is 278 g/mol. The minimum atomic E-state index is -0.889. The van der Waals surface area contributed by atoms with E-state index < -0.39 is 5.54 Å². The molecule has 1 aromatic carbocycles. The standard InChI is InChI=1S/C15H19FN2O2/c1-9-5-11(6-10(2)13(9)16)7-18-8-12(19)17-15(3,4)14(18)20/h5-6H,7-8H2,1-4H3,(H,17,19). The molecule has 2 rings (SSSR count). The van der Waals surface area contributed by atoms with Gasteiger partial charge in [-0.25, -0.2) is 4.39 Å². The lowest BCUT2D eigenvalue weighted by Crippen LogP contribution is -2.63. The van der Waals surface area contributed by atoms with Crippen molar-refractivity contribution in [1.82, 2.24) is 10.2 Å². The molecule has 20 heavy (non-hydrogen) atoms. The van der Waals surface area contributed by atoms with E-state index in [-0.39, 0.29) is 24.2 Å². The van der Waals surface area contributed by atoms with Crippen molar-refractivity contribution in [1.29, 1.82) is 0 Å². The van der Waals surface area contributed by atoms with Gasteiger partial charge in [0.05, 0.1) is 6.54 Å². The van der Waals surface area contributed by atoms with Crippen LogP contribution in [0.5, 0.6) is 0 Å². The largest absolute Gasteiger partial charge is 0.341 e. The maximum Gasteiger partial charge on any atom is 0.248 e. The number of halogens is 1. The van der Waals surface area contributed by atoms with Crippen LogP contribution >= 0.6 is 0 Å². The molecule has 2 amide bonds. The number of carbonyl (C=O) groups excluding carboxylic acids is 2. The van der Waals surface area contributed by atoms with Crippen LogP contribution in [0.1, 0.15) is 30.5 Å². The molecule has 1 fully saturated rings. The summed E-state index contributed by atoms with van der Waals surface area (Å²) in [5.41, 5.74) is 1.04. The first-order valence-corrected chi connectivity index (χ1v) is 6.57. The molecule has 1 aliphatic heterocycles. The van der Waals surface area contributed by atoms with E-state index in [0.29, 0.717) is 17.7 Å². The second kappa shape index (κ2) is 4.89. The Morgan fingerprint density at radius 2 is 1.80 bits per heavy atom. The minimum absolute atomic E-state index is 0.0394. The molecule has 4 nitrogen and oxygen atoms in total. The number of rotatable bonds is 2. The molecule has 0 aromatic heterocycles. The summed E-state index contributed by atoms with van der Waals surface area (Å²) in [4.78, 5) is 25.4. The van der Waals surface area contributed by atoms with Crippen molar-refractivity contribution in [3.05, 3.63) is 34.6 Å². The molecular weight excluding hydrogens is 259 g/mol. The van der Waals surface area contributed by atoms with Crippen LogP contribution in [0.3, 0.4) is 0 Å². The molecule has 1 heterocycles. The Balaban J connectivity index is 2.25. The van der Waals surface area contributed by atoms with E-state index in [1.165, 1.54) is 4.90 Å². The van der Waals surface area contributed by atoms with Gasteiger partial charge < -0.3 is 10.2 Å². The monoisotopic (exact) mass is 278 g/mol. The maximum atomic E-state index is 13.6. The summed E-state index contributed by atoms with van der Waals surface area (Å²) in [7, 11) is 0. The first kappa shape index (κ1) is 14.5. The first-order valence-electron chi connectivity index (χ1n) is 6.57. The zero-order valence-corrected chi connectivity index (χ0v) is 12.2. The van der Waals surface area contributed by atoms with Crippen LogP contribution in [0.4, 0.5) is 4.39 Å². The predicted octanol–water partition coefficient (Wildman–Crippen LogP) is 1.68. The van der Waals surface area contributed by atoms with Crippen molar-refractivity contribution in [3.8, 4) is 0 Å². The second-order valence-electron chi connectivity index (χ2n) is 5.88. The molecule has 1 aliphatic rings. The Labute approximate surface area is 118 Å². The van der Waals surface area contributed by atoms with Gasteiger partial charge in [-0.05, 0) is 44.4 Å². The fourth-order valence-electron chi connectivity index (χ4n) is 2.56. The van der Waals surface area contributed by atoms with Crippen molar-refractivity contribution in [2.75, 3.05) is 6.54 Å². The van der Waals surface area contributed by atoms with Gasteiger partial charge in [-0.1, -0.05) is 12.1 Å². The van der Waals surface area contributed by atoms with Crippen LogP contribution in [0.25, 0.3) is 0 Å². The fourth-order valence-corrected chi connectivity index (χ4v) is 2.56. The predicted molar refractivity (Wildman–Crippen MR) is 73.5 cm³/mol. The number of nitrogens with zero attached hydrogens (tertiary/aromatic N) is 1. The second-order valence-corrected chi connectivity index (χ2v) is 5.88. The molecule has 1 saturated heterocycles. The third-order valence-corrected chi connectivity index (χ3v) is 3.48. The minimum Gasteiger partial charge on any atom is -0.341 e. The summed E-state index contributed by atoms with van der Waals surface area (Å²) in [6.07, 6.45) is 0. The topological polar surface area (TPSA) is 49.4 Å². The van der Waals surface area contributed by atoms with Crippen molar-refractivity contribution < 1.29 is 14.0 Å². The summed E-state index contributed by atoms with van der Waals surface area (Å²) >= 11 is 0. The highest BCUT2D eigenvalue weighted by atomic mass is 19.1. The van der Waals surface area contributed by atoms with Gasteiger partial charge in [-0.15, -0.1) is 0 Å². The van der Waals surface area contributed by atoms with Gasteiger partial charge in [-0.3, -0.25) is 9.59 Å². The molecule has 0 unspecified atom stereocenters. The molecule has 108 valence electrons. The Hall–Kier alpha value is -1.91. The van der Waals surface area contributed by atoms with Gasteiger partial charge in [0.2, 0.25) is 11.8 Å². The summed E-state index contributed by atoms with van der Waals surface area (Å²) < 4.78 is 13.6. The van der Waals surface area contributed by atoms with E-state index >= 15 is 0 Å². The highest BCUT2D eigenvalue weighted by Gasteiger charge is 2.38. The van der Waals surface area contributed by atoms with E-state index in [0.717, 1.165) is 5.56 Å². The Kier molecular flexibility index (Phi) is 3.54. The number of amides is 2. The normalized spacial score (nSPS) is 18.1. The van der Waals surface area contributed by atoms with Crippen LogP contribution in [0, 0.1) is 19.7 Å². The van der Waals surface area contributed by atoms with Crippen molar-refractivity contribution in [2.45, 2.75) is 39.8 Å². The number of benzene rings is 1. The highest BCUT2D eigenvalue weighted by molar-refractivity contribution is 5.97. The summed E-state index contributed by atoms with van der Waals surface area (Å²) in [6.45, 7) is 7.11. The number of piperazine rings is 1. The van der Waals surface area contributed by atoms with E-state index in [9.17, 15) is 14.0 Å². The Morgan fingerprint density at radius 1 is 1.25 bits per heavy atom. The molecule has 1 aromatic rings. The van der Waals surface area contributed by atoms with Crippen molar-refractivity contribution in [2.24, 2.45) is 0 Å². The third kappa shape index (κ3) is 2.66. The number of hydrogen-bond acceptors (Lipinski definition) is 2. The molecular formula is C15H19FN2O2. The Bertz CT molecular complexity index is 558. The van der Waals surface area contributed by atoms with Gasteiger partial charge in [0, 0.05) is 6.54 Å². The molecule has 0 aliphatic carbocycles. The molecule has 0 atom stereocenters. The summed E-state index contributed by atoms with van der Waals surface area (Å²) in [5, 5.41) is 2.66. The van der Waals surface area contributed by atoms with Gasteiger partial charge in [0.15, 0.2) is 0 Å². The zero-order valence-electron chi connectivity index (χ0n) is 12.2. The third-order valence-electron chi connectivity index (χ3n) is 3.48. The van der Waals surface area contributed by atoms with Gasteiger partial charge >= 0.3 is 0 Å². The fraction of sp³-hybridized carbons (Fsp3) is 0.467. The molecule has 0 radical (unpaired) electrons. The number of nitrogens with one attached hydrogen (secondary N) is 1. The smallest absolute Gasteiger partial charge is 0.248 e. The van der Waals surface area contributed by atoms with Crippen LogP contribution < -0.4 is 5.32 Å². The maximum absolute atomic E-state index is 13.6. The van der Waals surface area contributed by atoms with Gasteiger partial charge in [0.1, 0.15) is 11.4 Å². The number of hydrogen-bond donors (Lipinski definition) is 1. The Morgan fingerprint density at radius 3 is 2.35 bits per heavy atom. The lowest BCUT2D eigenvalue weighted by Gasteiger charge is -2.37.